The molecule has 0 amide bonds. The van der Waals surface area contributed by atoms with Crippen LogP contribution in [0.15, 0.2) is 12.1 Å². The third kappa shape index (κ3) is 6.53. The average molecular weight is 382 g/mol. The molecule has 2 aliphatic rings. The van der Waals surface area contributed by atoms with E-state index in [4.69, 9.17) is 18.9 Å². The van der Waals surface area contributed by atoms with Crippen LogP contribution < -0.4 is 19.5 Å². The molecule has 0 radical (unpaired) electrons. The van der Waals surface area contributed by atoms with Gasteiger partial charge in [0.05, 0.1) is 34.5 Å². The number of nitrogens with zero attached hydrogens (tertiary/aromatic N) is 2. The fourth-order valence-corrected chi connectivity index (χ4v) is 3.31. The molecule has 0 bridgehead atoms. The van der Waals surface area contributed by atoms with Crippen molar-refractivity contribution in [2.45, 2.75) is 13.5 Å². The van der Waals surface area contributed by atoms with Crippen molar-refractivity contribution >= 4 is 0 Å². The number of piperazine rings is 1. The fraction of sp³-hybridized carbons (Fsp3) is 0.700. The maximum absolute atomic E-state index is 5.55. The molecule has 3 rings (SSSR count). The van der Waals surface area contributed by atoms with Crippen molar-refractivity contribution in [2.24, 2.45) is 0 Å². The zero-order valence-corrected chi connectivity index (χ0v) is 17.3. The Morgan fingerprint density at radius 1 is 0.889 bits per heavy atom. The molecule has 1 aromatic carbocycles. The first-order valence-electron chi connectivity index (χ1n) is 9.74. The SMILES string of the molecule is C1COCCN1.CCN1CCN(Cc2ccc(OC)c(OC)c2OC)CC1. The van der Waals surface area contributed by atoms with Gasteiger partial charge in [0, 0.05) is 51.4 Å². The van der Waals surface area contributed by atoms with Crippen LogP contribution in [0.3, 0.4) is 0 Å². The van der Waals surface area contributed by atoms with Gasteiger partial charge >= 0.3 is 0 Å². The third-order valence-corrected chi connectivity index (χ3v) is 4.94. The van der Waals surface area contributed by atoms with Crippen molar-refractivity contribution in [3.05, 3.63) is 17.7 Å². The molecule has 0 unspecified atom stereocenters. The number of methoxy groups -OCH3 is 3. The minimum absolute atomic E-state index is 0.671. The van der Waals surface area contributed by atoms with Gasteiger partial charge in [-0.2, -0.15) is 0 Å². The molecule has 7 heteroatoms. The summed E-state index contributed by atoms with van der Waals surface area (Å²) in [5, 5.41) is 3.16. The van der Waals surface area contributed by atoms with Crippen molar-refractivity contribution in [1.29, 1.82) is 0 Å². The Bertz CT molecular complexity index is 533. The van der Waals surface area contributed by atoms with Crippen molar-refractivity contribution in [3.63, 3.8) is 0 Å². The first kappa shape index (κ1) is 21.8. The van der Waals surface area contributed by atoms with Crippen LogP contribution in [0.1, 0.15) is 12.5 Å². The van der Waals surface area contributed by atoms with Gasteiger partial charge in [0.2, 0.25) is 5.75 Å². The van der Waals surface area contributed by atoms with E-state index in [1.807, 2.05) is 6.07 Å². The number of nitrogens with one attached hydrogen (secondary N) is 1. The standard InChI is InChI=1S/C16H26N2O3.C4H9NO/c1-5-17-8-10-18(11-9-17)12-13-6-7-14(19-2)16(21-4)15(13)20-3;1-3-6-4-2-5-1/h6-7H,5,8-12H2,1-4H3;5H,1-4H2. The summed E-state index contributed by atoms with van der Waals surface area (Å²) in [6.45, 7) is 12.5. The van der Waals surface area contributed by atoms with Crippen LogP contribution in [0.5, 0.6) is 17.2 Å². The highest BCUT2D eigenvalue weighted by atomic mass is 16.5. The summed E-state index contributed by atoms with van der Waals surface area (Å²) in [6, 6.07) is 4.01. The zero-order chi connectivity index (χ0) is 19.5. The highest BCUT2D eigenvalue weighted by Crippen LogP contribution is 2.40. The molecule has 27 heavy (non-hydrogen) atoms. The summed E-state index contributed by atoms with van der Waals surface area (Å²) in [5.41, 5.74) is 1.14. The molecular weight excluding hydrogens is 346 g/mol. The zero-order valence-electron chi connectivity index (χ0n) is 17.3. The van der Waals surface area contributed by atoms with Gasteiger partial charge in [-0.05, 0) is 12.6 Å². The third-order valence-electron chi connectivity index (χ3n) is 4.94. The van der Waals surface area contributed by atoms with Crippen LogP contribution in [0.25, 0.3) is 0 Å². The summed E-state index contributed by atoms with van der Waals surface area (Å²) < 4.78 is 21.3. The fourth-order valence-electron chi connectivity index (χ4n) is 3.31. The van der Waals surface area contributed by atoms with Gasteiger partial charge in [-0.3, -0.25) is 4.90 Å². The van der Waals surface area contributed by atoms with Gasteiger partial charge in [-0.25, -0.2) is 0 Å². The number of ether oxygens (including phenoxy) is 4. The van der Waals surface area contributed by atoms with E-state index in [-0.39, 0.29) is 0 Å². The molecule has 2 fully saturated rings. The monoisotopic (exact) mass is 381 g/mol. The molecule has 2 aliphatic heterocycles. The highest BCUT2D eigenvalue weighted by Gasteiger charge is 2.20. The molecule has 0 aromatic heterocycles. The normalized spacial score (nSPS) is 18.4. The van der Waals surface area contributed by atoms with E-state index in [1.165, 1.54) is 0 Å². The smallest absolute Gasteiger partial charge is 0.203 e. The molecule has 0 atom stereocenters. The Kier molecular flexibility index (Phi) is 9.69. The van der Waals surface area contributed by atoms with Gasteiger partial charge in [-0.1, -0.05) is 13.0 Å². The minimum Gasteiger partial charge on any atom is -0.493 e. The van der Waals surface area contributed by atoms with Crippen molar-refractivity contribution < 1.29 is 18.9 Å². The lowest BCUT2D eigenvalue weighted by molar-refractivity contribution is 0.109. The van der Waals surface area contributed by atoms with Crippen LogP contribution in [0.4, 0.5) is 0 Å². The lowest BCUT2D eigenvalue weighted by Crippen LogP contribution is -2.45. The molecule has 2 saturated heterocycles. The largest absolute Gasteiger partial charge is 0.493 e. The lowest BCUT2D eigenvalue weighted by Gasteiger charge is -2.34. The van der Waals surface area contributed by atoms with E-state index in [2.05, 4.69) is 28.1 Å². The molecule has 0 spiro atoms. The van der Waals surface area contributed by atoms with Crippen LogP contribution in [-0.4, -0.2) is 90.2 Å². The second kappa shape index (κ2) is 12.0. The number of rotatable bonds is 6. The predicted octanol–water partition coefficient (Wildman–Crippen LogP) is 1.46. The number of morpholine rings is 1. The van der Waals surface area contributed by atoms with Crippen LogP contribution in [-0.2, 0) is 11.3 Å². The second-order valence-corrected chi connectivity index (χ2v) is 6.57. The first-order valence-corrected chi connectivity index (χ1v) is 9.74. The number of hydrogen-bond donors (Lipinski definition) is 1. The van der Waals surface area contributed by atoms with Crippen LogP contribution in [0.2, 0.25) is 0 Å². The molecule has 0 aliphatic carbocycles. The maximum atomic E-state index is 5.55. The topological polar surface area (TPSA) is 55.4 Å². The van der Waals surface area contributed by atoms with Gasteiger partial charge in [0.15, 0.2) is 11.5 Å². The maximum Gasteiger partial charge on any atom is 0.203 e. The summed E-state index contributed by atoms with van der Waals surface area (Å²) >= 11 is 0. The van der Waals surface area contributed by atoms with E-state index in [0.717, 1.165) is 76.9 Å². The molecular formula is C20H35N3O4. The van der Waals surface area contributed by atoms with Gasteiger partial charge < -0.3 is 29.2 Å². The highest BCUT2D eigenvalue weighted by molar-refractivity contribution is 5.55. The number of hydrogen-bond acceptors (Lipinski definition) is 7. The van der Waals surface area contributed by atoms with E-state index < -0.39 is 0 Å². The van der Waals surface area contributed by atoms with Crippen molar-refractivity contribution in [2.75, 3.05) is 80.4 Å². The van der Waals surface area contributed by atoms with E-state index in [1.54, 1.807) is 21.3 Å². The van der Waals surface area contributed by atoms with Gasteiger partial charge in [0.1, 0.15) is 0 Å². The quantitative estimate of drug-likeness (QED) is 0.800. The number of likely N-dealkylation sites (N-methyl/N-ethyl adjacent to an activating group) is 1. The Labute approximate surface area is 163 Å². The summed E-state index contributed by atoms with van der Waals surface area (Å²) in [7, 11) is 4.96. The molecule has 1 N–H and O–H groups in total. The van der Waals surface area contributed by atoms with E-state index in [9.17, 15) is 0 Å². The molecule has 1 aromatic rings. The molecule has 154 valence electrons. The minimum atomic E-state index is 0.671. The van der Waals surface area contributed by atoms with E-state index >= 15 is 0 Å². The molecule has 2 heterocycles. The average Bonchev–Trinajstić information content (AvgIpc) is 2.75. The Morgan fingerprint density at radius 2 is 1.52 bits per heavy atom. The van der Waals surface area contributed by atoms with Crippen molar-refractivity contribution in [1.82, 2.24) is 15.1 Å². The summed E-state index contributed by atoms with van der Waals surface area (Å²) in [4.78, 5) is 4.93. The van der Waals surface area contributed by atoms with Gasteiger partial charge in [-0.15, -0.1) is 0 Å². The van der Waals surface area contributed by atoms with Crippen LogP contribution >= 0.6 is 0 Å². The Hall–Kier alpha value is -1.54. The molecule has 7 nitrogen and oxygen atoms in total. The Balaban J connectivity index is 0.000000369. The van der Waals surface area contributed by atoms with Gasteiger partial charge in [0.25, 0.3) is 0 Å². The van der Waals surface area contributed by atoms with Crippen molar-refractivity contribution in [3.8, 4) is 17.2 Å². The van der Waals surface area contributed by atoms with Crippen LogP contribution in [0, 0.1) is 0 Å². The number of benzene rings is 1. The van der Waals surface area contributed by atoms with E-state index in [0.29, 0.717) is 11.5 Å². The predicted molar refractivity (Wildman–Crippen MR) is 107 cm³/mol. The molecule has 0 saturated carbocycles. The Morgan fingerprint density at radius 3 is 1.96 bits per heavy atom. The second-order valence-electron chi connectivity index (χ2n) is 6.57. The summed E-state index contributed by atoms with van der Waals surface area (Å²) in [5.74, 6) is 2.15. The lowest BCUT2D eigenvalue weighted by atomic mass is 10.1. The summed E-state index contributed by atoms with van der Waals surface area (Å²) in [6.07, 6.45) is 0. The first-order chi connectivity index (χ1) is 13.2.